The van der Waals surface area contributed by atoms with Crippen molar-refractivity contribution >= 4 is 63.0 Å². The number of carbonyl (C=O) groups excluding carboxylic acids is 1. The Morgan fingerprint density at radius 3 is 2.76 bits per heavy atom. The van der Waals surface area contributed by atoms with Gasteiger partial charge in [0.05, 0.1) is 16.4 Å². The molecule has 2 N–H and O–H groups in total. The molecule has 33 heavy (non-hydrogen) atoms. The number of rotatable bonds is 10. The molecule has 3 rings (SSSR count). The zero-order valence-corrected chi connectivity index (χ0v) is 21.0. The van der Waals surface area contributed by atoms with Crippen LogP contribution in [0, 0.1) is 0 Å². The molecule has 0 aliphatic carbocycles. The first kappa shape index (κ1) is 25.1. The molecule has 0 bridgehead atoms. The molecule has 0 aliphatic heterocycles. The minimum Gasteiger partial charge on any atom is -0.506 e. The number of hydrazone groups is 1. The van der Waals surface area contributed by atoms with Gasteiger partial charge in [0.2, 0.25) is 0 Å². The third-order valence-electron chi connectivity index (χ3n) is 4.07. The predicted molar refractivity (Wildman–Crippen MR) is 133 cm³/mol. The maximum atomic E-state index is 12.2. The molecular formula is C21H18BrCl2N5O3S. The molecule has 172 valence electrons. The molecule has 0 radical (unpaired) electrons. The second-order valence-electron chi connectivity index (χ2n) is 6.45. The first-order valence-electron chi connectivity index (χ1n) is 9.41. The molecule has 0 atom stereocenters. The minimum atomic E-state index is -0.357. The average molecular weight is 571 g/mol. The molecule has 1 amide bonds. The van der Waals surface area contributed by atoms with Crippen LogP contribution in [0.4, 0.5) is 0 Å². The van der Waals surface area contributed by atoms with Gasteiger partial charge in [-0.25, -0.2) is 5.43 Å². The van der Waals surface area contributed by atoms with Gasteiger partial charge in [-0.2, -0.15) is 5.10 Å². The van der Waals surface area contributed by atoms with E-state index < -0.39 is 0 Å². The first-order valence-corrected chi connectivity index (χ1v) is 11.9. The standard InChI is InChI=1S/C21H18BrCl2N5O3S/c1-2-7-29-18(11-32-16-5-3-14(23)4-6-16)26-28-21(29)33-12-19(30)27-25-10-13-8-15(24)9-17(22)20(13)31/h2-6,8-10,31H,1,7,11-12H2,(H,27,30)/b25-10-. The quantitative estimate of drug-likeness (QED) is 0.153. The van der Waals surface area contributed by atoms with E-state index in [-0.39, 0.29) is 24.0 Å². The number of thioether (sulfide) groups is 1. The van der Waals surface area contributed by atoms with Crippen molar-refractivity contribution in [1.29, 1.82) is 0 Å². The highest BCUT2D eigenvalue weighted by Crippen LogP contribution is 2.30. The van der Waals surface area contributed by atoms with E-state index in [1.165, 1.54) is 24.0 Å². The van der Waals surface area contributed by atoms with E-state index in [9.17, 15) is 9.90 Å². The fourth-order valence-electron chi connectivity index (χ4n) is 2.54. The Morgan fingerprint density at radius 2 is 2.03 bits per heavy atom. The number of aromatic hydroxyl groups is 1. The van der Waals surface area contributed by atoms with Gasteiger partial charge in [0.1, 0.15) is 18.1 Å². The van der Waals surface area contributed by atoms with E-state index in [1.54, 1.807) is 36.4 Å². The Morgan fingerprint density at radius 1 is 1.27 bits per heavy atom. The highest BCUT2D eigenvalue weighted by molar-refractivity contribution is 9.10. The van der Waals surface area contributed by atoms with Gasteiger partial charge < -0.3 is 9.84 Å². The van der Waals surface area contributed by atoms with E-state index in [2.05, 4.69) is 43.2 Å². The smallest absolute Gasteiger partial charge is 0.250 e. The Labute approximate surface area is 212 Å². The Bertz CT molecular complexity index is 1170. The van der Waals surface area contributed by atoms with Crippen molar-refractivity contribution in [2.24, 2.45) is 5.10 Å². The molecule has 0 fully saturated rings. The van der Waals surface area contributed by atoms with Crippen molar-refractivity contribution in [3.8, 4) is 11.5 Å². The third-order valence-corrected chi connectivity index (χ3v) is 6.11. The van der Waals surface area contributed by atoms with Crippen LogP contribution < -0.4 is 10.2 Å². The monoisotopic (exact) mass is 569 g/mol. The molecule has 0 aliphatic rings. The highest BCUT2D eigenvalue weighted by atomic mass is 79.9. The van der Waals surface area contributed by atoms with Gasteiger partial charge in [-0.3, -0.25) is 9.36 Å². The van der Waals surface area contributed by atoms with E-state index in [0.29, 0.717) is 43.4 Å². The van der Waals surface area contributed by atoms with E-state index >= 15 is 0 Å². The maximum Gasteiger partial charge on any atom is 0.250 e. The lowest BCUT2D eigenvalue weighted by atomic mass is 10.2. The third kappa shape index (κ3) is 7.23. The predicted octanol–water partition coefficient (Wildman–Crippen LogP) is 5.06. The molecule has 8 nitrogen and oxygen atoms in total. The molecule has 2 aromatic carbocycles. The summed E-state index contributed by atoms with van der Waals surface area (Å²) in [7, 11) is 0. The number of nitrogens with one attached hydrogen (secondary N) is 1. The van der Waals surface area contributed by atoms with Crippen molar-refractivity contribution in [1.82, 2.24) is 20.2 Å². The first-order chi connectivity index (χ1) is 15.9. The molecule has 3 aromatic rings. The molecule has 0 spiro atoms. The number of hydrogen-bond acceptors (Lipinski definition) is 7. The largest absolute Gasteiger partial charge is 0.506 e. The van der Waals surface area contributed by atoms with Crippen molar-refractivity contribution in [2.45, 2.75) is 18.3 Å². The van der Waals surface area contributed by atoms with Gasteiger partial charge >= 0.3 is 0 Å². The number of phenolic OH excluding ortho intramolecular Hbond substituents is 1. The molecule has 12 heteroatoms. The lowest BCUT2D eigenvalue weighted by Gasteiger charge is -2.09. The summed E-state index contributed by atoms with van der Waals surface area (Å²) in [6, 6.07) is 10.1. The van der Waals surface area contributed by atoms with Crippen LogP contribution in [0.3, 0.4) is 0 Å². The summed E-state index contributed by atoms with van der Waals surface area (Å²) < 4.78 is 7.98. The number of benzene rings is 2. The number of hydrogen-bond donors (Lipinski definition) is 2. The molecular weight excluding hydrogens is 553 g/mol. The molecule has 1 heterocycles. The van der Waals surface area contributed by atoms with Crippen molar-refractivity contribution < 1.29 is 14.6 Å². The summed E-state index contributed by atoms with van der Waals surface area (Å²) in [5.74, 6) is 0.904. The van der Waals surface area contributed by atoms with Crippen LogP contribution in [-0.2, 0) is 17.9 Å². The van der Waals surface area contributed by atoms with Gasteiger partial charge in [0.15, 0.2) is 11.0 Å². The lowest BCUT2D eigenvalue weighted by Crippen LogP contribution is -2.20. The van der Waals surface area contributed by atoms with Crippen LogP contribution in [0.15, 0.2) is 63.8 Å². The van der Waals surface area contributed by atoms with Gasteiger partial charge in [-0.15, -0.1) is 16.8 Å². The number of nitrogens with zero attached hydrogens (tertiary/aromatic N) is 4. The van der Waals surface area contributed by atoms with E-state index in [0.717, 1.165) is 0 Å². The molecule has 1 aromatic heterocycles. The Balaban J connectivity index is 1.57. The van der Waals surface area contributed by atoms with Crippen LogP contribution in [0.25, 0.3) is 0 Å². The van der Waals surface area contributed by atoms with Gasteiger partial charge in [-0.1, -0.05) is 41.0 Å². The van der Waals surface area contributed by atoms with Gasteiger partial charge in [-0.05, 0) is 52.3 Å². The van der Waals surface area contributed by atoms with Crippen LogP contribution in [0.2, 0.25) is 10.0 Å². The summed E-state index contributed by atoms with van der Waals surface area (Å²) in [6.07, 6.45) is 3.01. The topological polar surface area (TPSA) is 102 Å². The van der Waals surface area contributed by atoms with E-state index in [4.69, 9.17) is 27.9 Å². The van der Waals surface area contributed by atoms with Crippen molar-refractivity contribution in [3.63, 3.8) is 0 Å². The number of halogens is 3. The average Bonchev–Trinajstić information content (AvgIpc) is 3.17. The van der Waals surface area contributed by atoms with Crippen LogP contribution >= 0.6 is 50.9 Å². The second-order valence-corrected chi connectivity index (χ2v) is 9.12. The van der Waals surface area contributed by atoms with E-state index in [1.807, 2.05) is 4.57 Å². The lowest BCUT2D eigenvalue weighted by molar-refractivity contribution is -0.118. The second kappa shape index (κ2) is 12.1. The van der Waals surface area contributed by atoms with Crippen LogP contribution in [0.5, 0.6) is 11.5 Å². The van der Waals surface area contributed by atoms with Gasteiger partial charge in [0, 0.05) is 22.2 Å². The summed E-state index contributed by atoms with van der Waals surface area (Å²) in [6.45, 7) is 4.41. The van der Waals surface area contributed by atoms with Crippen LogP contribution in [-0.4, -0.2) is 37.7 Å². The normalized spacial score (nSPS) is 11.0. The molecule has 0 unspecified atom stereocenters. The Hall–Kier alpha value is -2.53. The fourth-order valence-corrected chi connectivity index (χ4v) is 4.26. The van der Waals surface area contributed by atoms with Crippen molar-refractivity contribution in [3.05, 3.63) is 75.0 Å². The summed E-state index contributed by atoms with van der Waals surface area (Å²) in [5.41, 5.74) is 2.76. The van der Waals surface area contributed by atoms with Gasteiger partial charge in [0.25, 0.3) is 5.91 Å². The number of ether oxygens (including phenoxy) is 1. The fraction of sp³-hybridized carbons (Fsp3) is 0.143. The molecule has 0 saturated carbocycles. The summed E-state index contributed by atoms with van der Waals surface area (Å²) in [5, 5.41) is 23.7. The zero-order chi connectivity index (χ0) is 23.8. The number of phenols is 1. The minimum absolute atomic E-state index is 0.0300. The number of carbonyl (C=O) groups is 1. The SMILES string of the molecule is C=CCn1c(COc2ccc(Cl)cc2)nnc1SCC(=O)N/N=C\c1cc(Cl)cc(Br)c1O. The summed E-state index contributed by atoms with van der Waals surface area (Å²) >= 11 is 16.2. The number of allylic oxidation sites excluding steroid dienone is 1. The highest BCUT2D eigenvalue weighted by Gasteiger charge is 2.14. The van der Waals surface area contributed by atoms with Crippen LogP contribution in [0.1, 0.15) is 11.4 Å². The Kier molecular flexibility index (Phi) is 9.19. The number of aromatic nitrogens is 3. The maximum absolute atomic E-state index is 12.2. The molecule has 0 saturated heterocycles. The number of amides is 1. The van der Waals surface area contributed by atoms with Crippen molar-refractivity contribution in [2.75, 3.05) is 5.75 Å². The summed E-state index contributed by atoms with van der Waals surface area (Å²) in [4.78, 5) is 12.2. The zero-order valence-electron chi connectivity index (χ0n) is 17.0.